The standard InChI is InChI=1S/C9H13.3C5H11N.Ti/c1-2-3-6-9-7-4-5-8-9;3*1-4-5-6(2)3;/h4,7H,2-3,5-6H2,1H3;3*4H,1,5H2,2-3H3;. The first-order valence-corrected chi connectivity index (χ1v) is 10.8. The maximum absolute atomic E-state index is 3.56. The molecule has 1 aliphatic carbocycles. The van der Waals surface area contributed by atoms with Crippen molar-refractivity contribution < 1.29 is 20.4 Å². The molecule has 0 radical (unpaired) electrons. The van der Waals surface area contributed by atoms with Crippen molar-refractivity contribution in [2.75, 3.05) is 61.9 Å². The third-order valence-electron chi connectivity index (χ3n) is 3.31. The minimum absolute atomic E-state index is 0.972. The average Bonchev–Trinajstić information content (AvgIpc) is 2.99. The number of unbranched alkanes of at least 4 members (excludes halogenated alkanes) is 1. The Morgan fingerprint density at radius 3 is 1.43 bits per heavy atom. The van der Waals surface area contributed by atoms with Crippen molar-refractivity contribution in [3.8, 4) is 0 Å². The summed E-state index contributed by atoms with van der Waals surface area (Å²) in [5.74, 6) is 0. The summed E-state index contributed by atoms with van der Waals surface area (Å²) in [5.41, 5.74) is 1.59. The second-order valence-electron chi connectivity index (χ2n) is 7.37. The van der Waals surface area contributed by atoms with E-state index in [4.69, 9.17) is 0 Å². The molecule has 28 heavy (non-hydrogen) atoms. The number of rotatable bonds is 9. The molecule has 0 amide bonds. The van der Waals surface area contributed by atoms with Crippen molar-refractivity contribution >= 4 is 0 Å². The van der Waals surface area contributed by atoms with Crippen LogP contribution in [0.2, 0.25) is 0 Å². The third kappa shape index (κ3) is 30.0. The van der Waals surface area contributed by atoms with Gasteiger partial charge in [-0.15, -0.1) is 19.7 Å². The molecule has 0 aromatic carbocycles. The first-order chi connectivity index (χ1) is 13.2. The summed E-state index contributed by atoms with van der Waals surface area (Å²) < 4.78 is 1.58. The van der Waals surface area contributed by atoms with Crippen molar-refractivity contribution in [1.82, 2.24) is 14.7 Å². The summed E-state index contributed by atoms with van der Waals surface area (Å²) in [5, 5.41) is 0. The molecule has 0 unspecified atom stereocenters. The Kier molecular flexibility index (Phi) is 27.8. The van der Waals surface area contributed by atoms with Crippen molar-refractivity contribution in [2.24, 2.45) is 0 Å². The van der Waals surface area contributed by atoms with Crippen LogP contribution < -0.4 is 0 Å². The van der Waals surface area contributed by atoms with Crippen molar-refractivity contribution in [3.05, 3.63) is 59.6 Å². The summed E-state index contributed by atoms with van der Waals surface area (Å²) in [4.78, 5) is 6.19. The summed E-state index contributed by atoms with van der Waals surface area (Å²) in [6.07, 6.45) is 15.3. The van der Waals surface area contributed by atoms with Gasteiger partial charge in [0.15, 0.2) is 0 Å². The molecule has 1 rings (SSSR count). The summed E-state index contributed by atoms with van der Waals surface area (Å²) in [6, 6.07) is 0. The van der Waals surface area contributed by atoms with Crippen LogP contribution in [0, 0.1) is 0 Å². The predicted octanol–water partition coefficient (Wildman–Crippen LogP) is 5.14. The van der Waals surface area contributed by atoms with Gasteiger partial charge in [-0.25, -0.2) is 0 Å². The van der Waals surface area contributed by atoms with Crippen molar-refractivity contribution in [1.29, 1.82) is 0 Å². The Labute approximate surface area is 189 Å². The fourth-order valence-corrected chi connectivity index (χ4v) is 2.44. The van der Waals surface area contributed by atoms with Crippen LogP contribution in [0.25, 0.3) is 0 Å². The fraction of sp³-hybridized carbons (Fsp3) is 0.583. The van der Waals surface area contributed by atoms with Crippen molar-refractivity contribution in [2.45, 2.75) is 32.6 Å². The molecule has 0 heterocycles. The molecule has 0 fully saturated rings. The van der Waals surface area contributed by atoms with E-state index in [1.807, 2.05) is 60.5 Å². The van der Waals surface area contributed by atoms with E-state index in [2.05, 4.69) is 73.9 Å². The Hall–Kier alpha value is -0.706. The zero-order valence-electron chi connectivity index (χ0n) is 19.8. The van der Waals surface area contributed by atoms with Gasteiger partial charge in [-0.3, -0.25) is 0 Å². The van der Waals surface area contributed by atoms with Crippen LogP contribution in [0.15, 0.2) is 59.6 Å². The first-order valence-electron chi connectivity index (χ1n) is 10.0. The molecule has 1 aliphatic rings. The van der Waals surface area contributed by atoms with Gasteiger partial charge >= 0.3 is 74.6 Å². The monoisotopic (exact) mass is 424 g/mol. The van der Waals surface area contributed by atoms with E-state index < -0.39 is 0 Å². The predicted molar refractivity (Wildman–Crippen MR) is 127 cm³/mol. The molecule has 0 aromatic heterocycles. The second-order valence-corrected chi connectivity index (χ2v) is 8.31. The van der Waals surface area contributed by atoms with E-state index in [1.165, 1.54) is 25.7 Å². The molecule has 0 atom stereocenters. The number of allylic oxidation sites excluding steroid dienone is 4. The Balaban J connectivity index is -0.000000309. The van der Waals surface area contributed by atoms with E-state index in [9.17, 15) is 0 Å². The van der Waals surface area contributed by atoms with Gasteiger partial charge in [0.1, 0.15) is 0 Å². The molecule has 161 valence electrons. The van der Waals surface area contributed by atoms with E-state index in [-0.39, 0.29) is 0 Å². The summed E-state index contributed by atoms with van der Waals surface area (Å²) in [6.45, 7) is 15.8. The average molecular weight is 425 g/mol. The Morgan fingerprint density at radius 1 is 0.857 bits per heavy atom. The van der Waals surface area contributed by atoms with Gasteiger partial charge in [-0.05, 0) is 42.3 Å². The number of hydrogen-bond donors (Lipinski definition) is 0. The topological polar surface area (TPSA) is 9.72 Å². The third-order valence-corrected chi connectivity index (χ3v) is 4.13. The second kappa shape index (κ2) is 24.3. The number of hydrogen-bond acceptors (Lipinski definition) is 3. The van der Waals surface area contributed by atoms with Crippen LogP contribution in [-0.4, -0.2) is 76.6 Å². The molecular weight excluding hydrogens is 378 g/mol. The van der Waals surface area contributed by atoms with Gasteiger partial charge < -0.3 is 14.7 Å². The maximum atomic E-state index is 3.56. The van der Waals surface area contributed by atoms with Crippen LogP contribution in [0.1, 0.15) is 32.6 Å². The molecule has 0 N–H and O–H groups in total. The fourth-order valence-electron chi connectivity index (χ4n) is 1.93. The summed E-state index contributed by atoms with van der Waals surface area (Å²) in [7, 11) is 12.1. The first kappa shape index (κ1) is 32.0. The van der Waals surface area contributed by atoms with Gasteiger partial charge in [0.05, 0.1) is 0 Å². The van der Waals surface area contributed by atoms with Gasteiger partial charge in [0.2, 0.25) is 0 Å². The molecule has 0 bridgehead atoms. The molecule has 0 saturated carbocycles. The van der Waals surface area contributed by atoms with Gasteiger partial charge in [-0.1, -0.05) is 18.2 Å². The minimum atomic E-state index is 0.972. The van der Waals surface area contributed by atoms with Gasteiger partial charge in [0, 0.05) is 19.6 Å². The van der Waals surface area contributed by atoms with Crippen LogP contribution in [0.3, 0.4) is 0 Å². The van der Waals surface area contributed by atoms with Crippen LogP contribution in [0.5, 0.6) is 0 Å². The van der Waals surface area contributed by atoms with E-state index in [0.29, 0.717) is 0 Å². The van der Waals surface area contributed by atoms with E-state index >= 15 is 0 Å². The molecule has 4 heteroatoms. The molecule has 0 saturated heterocycles. The zero-order chi connectivity index (χ0) is 22.4. The van der Waals surface area contributed by atoms with E-state index in [0.717, 1.165) is 19.6 Å². The van der Waals surface area contributed by atoms with Crippen LogP contribution >= 0.6 is 0 Å². The quantitative estimate of drug-likeness (QED) is 0.375. The number of nitrogens with zero attached hydrogens (tertiary/aromatic N) is 3. The van der Waals surface area contributed by atoms with Gasteiger partial charge in [0.25, 0.3) is 0 Å². The van der Waals surface area contributed by atoms with Gasteiger partial charge in [-0.2, -0.15) is 0 Å². The Bertz CT molecular complexity index is 402. The zero-order valence-corrected chi connectivity index (χ0v) is 21.4. The molecule has 0 aliphatic heterocycles. The number of likely N-dealkylation sites (N-methyl/N-ethyl adjacent to an activating group) is 3. The molecule has 0 spiro atoms. The van der Waals surface area contributed by atoms with E-state index in [1.54, 1.807) is 9.45 Å². The summed E-state index contributed by atoms with van der Waals surface area (Å²) >= 11 is 2.24. The Morgan fingerprint density at radius 2 is 1.25 bits per heavy atom. The SMILES string of the molecule is C=CCN(C)C.C=CCN(C)C.C=CCN(C)C.CCCCC1=[C]([Ti])CC=C1. The molecular formula is C24H46N3Ti. The molecule has 0 aromatic rings. The van der Waals surface area contributed by atoms with Crippen molar-refractivity contribution in [3.63, 3.8) is 0 Å². The van der Waals surface area contributed by atoms with Crippen LogP contribution in [-0.2, 0) is 20.4 Å². The molecule has 3 nitrogen and oxygen atoms in total. The van der Waals surface area contributed by atoms with Crippen LogP contribution in [0.4, 0.5) is 0 Å². The normalized spacial score (nSPS) is 11.9.